The Morgan fingerprint density at radius 1 is 0.895 bits per heavy atom. The zero-order chi connectivity index (χ0) is 26.1. The molecule has 2 aromatic heterocycles. The largest absolute Gasteiger partial charge is 0.383 e. The number of piperazine rings is 1. The third kappa shape index (κ3) is 4.98. The number of aromatic nitrogens is 4. The van der Waals surface area contributed by atoms with Gasteiger partial charge >= 0.3 is 0 Å². The molecule has 2 aromatic carbocycles. The molecule has 6 rings (SSSR count). The summed E-state index contributed by atoms with van der Waals surface area (Å²) in [6, 6.07) is 17.9. The maximum Gasteiger partial charge on any atom is 0.164 e. The highest BCUT2D eigenvalue weighted by molar-refractivity contribution is 5.98. The Morgan fingerprint density at radius 2 is 1.61 bits per heavy atom. The number of benzene rings is 2. The first kappa shape index (κ1) is 24.8. The van der Waals surface area contributed by atoms with Gasteiger partial charge in [-0.1, -0.05) is 36.4 Å². The first-order valence-corrected chi connectivity index (χ1v) is 13.9. The summed E-state index contributed by atoms with van der Waals surface area (Å²) in [7, 11) is 2.22. The summed E-state index contributed by atoms with van der Waals surface area (Å²) in [6.45, 7) is 7.64. The van der Waals surface area contributed by atoms with Crippen LogP contribution in [0, 0.1) is 6.92 Å². The molecule has 8 heteroatoms. The van der Waals surface area contributed by atoms with Crippen molar-refractivity contribution in [3.05, 3.63) is 66.0 Å². The van der Waals surface area contributed by atoms with Gasteiger partial charge in [0.05, 0.1) is 11.4 Å². The molecule has 0 bridgehead atoms. The van der Waals surface area contributed by atoms with Crippen molar-refractivity contribution in [2.24, 2.45) is 0 Å². The van der Waals surface area contributed by atoms with E-state index in [2.05, 4.69) is 92.3 Å². The predicted molar refractivity (Wildman–Crippen MR) is 154 cm³/mol. The third-order valence-corrected chi connectivity index (χ3v) is 8.49. The highest BCUT2D eigenvalue weighted by atomic mass is 15.3. The van der Waals surface area contributed by atoms with Crippen LogP contribution in [0.2, 0.25) is 0 Å². The minimum Gasteiger partial charge on any atom is -0.383 e. The van der Waals surface area contributed by atoms with Crippen LogP contribution in [0.15, 0.2) is 54.9 Å². The zero-order valence-corrected chi connectivity index (χ0v) is 22.5. The number of fused-ring (bicyclic) bond motifs is 1. The molecule has 3 N–H and O–H groups in total. The van der Waals surface area contributed by atoms with Crippen molar-refractivity contribution < 1.29 is 0 Å². The standard InChI is InChI=1S/C30H38N8/c1-21-5-3-4-6-23(21)19-32-24-9-7-22(8-10-24)28-27-29(31)33-20-34-30(27)38(35-28)26-13-11-25(12-14-26)37-17-15-36(2)16-18-37/h3-10,20,25-26,32H,11-19H2,1-2H3,(H2,31,33,34)/t25-,26+. The van der Waals surface area contributed by atoms with Gasteiger partial charge in [-0.05, 0) is 62.9 Å². The molecular weight excluding hydrogens is 472 g/mol. The summed E-state index contributed by atoms with van der Waals surface area (Å²) in [6.07, 6.45) is 6.19. The number of anilines is 2. The molecule has 4 aromatic rings. The van der Waals surface area contributed by atoms with Gasteiger partial charge in [0.1, 0.15) is 17.8 Å². The number of nitrogens with zero attached hydrogens (tertiary/aromatic N) is 6. The molecule has 0 unspecified atom stereocenters. The molecule has 1 aliphatic carbocycles. The molecule has 198 valence electrons. The van der Waals surface area contributed by atoms with Crippen LogP contribution in [-0.2, 0) is 6.54 Å². The van der Waals surface area contributed by atoms with Crippen LogP contribution in [0.1, 0.15) is 42.9 Å². The molecule has 0 amide bonds. The van der Waals surface area contributed by atoms with Crippen molar-refractivity contribution in [3.8, 4) is 11.3 Å². The highest BCUT2D eigenvalue weighted by Crippen LogP contribution is 2.37. The van der Waals surface area contributed by atoms with Crippen LogP contribution < -0.4 is 11.1 Å². The molecule has 1 saturated carbocycles. The smallest absolute Gasteiger partial charge is 0.164 e. The van der Waals surface area contributed by atoms with Gasteiger partial charge in [0.15, 0.2) is 5.65 Å². The monoisotopic (exact) mass is 510 g/mol. The number of hydrogen-bond acceptors (Lipinski definition) is 7. The lowest BCUT2D eigenvalue weighted by Crippen LogP contribution is -2.49. The summed E-state index contributed by atoms with van der Waals surface area (Å²) in [5.41, 5.74) is 12.8. The molecule has 1 aliphatic heterocycles. The Morgan fingerprint density at radius 3 is 2.34 bits per heavy atom. The summed E-state index contributed by atoms with van der Waals surface area (Å²) in [4.78, 5) is 14.1. The van der Waals surface area contributed by atoms with E-state index in [9.17, 15) is 0 Å². The summed E-state index contributed by atoms with van der Waals surface area (Å²) < 4.78 is 2.13. The second-order valence-corrected chi connectivity index (χ2v) is 10.9. The van der Waals surface area contributed by atoms with Crippen LogP contribution in [0.4, 0.5) is 11.5 Å². The third-order valence-electron chi connectivity index (χ3n) is 8.49. The van der Waals surface area contributed by atoms with Crippen LogP contribution in [0.25, 0.3) is 22.3 Å². The van der Waals surface area contributed by atoms with E-state index in [1.165, 1.54) is 50.1 Å². The number of nitrogens with one attached hydrogen (secondary N) is 1. The minimum atomic E-state index is 0.333. The number of nitrogen functional groups attached to an aromatic ring is 1. The first-order valence-electron chi connectivity index (χ1n) is 13.9. The van der Waals surface area contributed by atoms with Crippen LogP contribution in [-0.4, -0.2) is 68.8 Å². The maximum atomic E-state index is 6.40. The van der Waals surface area contributed by atoms with E-state index in [1.54, 1.807) is 6.33 Å². The zero-order valence-electron chi connectivity index (χ0n) is 22.5. The van der Waals surface area contributed by atoms with Crippen molar-refractivity contribution in [1.29, 1.82) is 0 Å². The fourth-order valence-corrected chi connectivity index (χ4v) is 6.06. The summed E-state index contributed by atoms with van der Waals surface area (Å²) >= 11 is 0. The molecule has 38 heavy (non-hydrogen) atoms. The van der Waals surface area contributed by atoms with Crippen molar-refractivity contribution in [1.82, 2.24) is 29.5 Å². The lowest BCUT2D eigenvalue weighted by Gasteiger charge is -2.41. The predicted octanol–water partition coefficient (Wildman–Crippen LogP) is 4.73. The molecule has 0 atom stereocenters. The van der Waals surface area contributed by atoms with E-state index >= 15 is 0 Å². The fourth-order valence-electron chi connectivity index (χ4n) is 6.06. The van der Waals surface area contributed by atoms with Gasteiger partial charge in [-0.3, -0.25) is 4.90 Å². The van der Waals surface area contributed by atoms with E-state index in [4.69, 9.17) is 10.8 Å². The molecule has 2 fully saturated rings. The molecule has 8 nitrogen and oxygen atoms in total. The second-order valence-electron chi connectivity index (χ2n) is 10.9. The minimum absolute atomic E-state index is 0.333. The van der Waals surface area contributed by atoms with Crippen molar-refractivity contribution in [3.63, 3.8) is 0 Å². The van der Waals surface area contributed by atoms with Gasteiger partial charge in [-0.25, -0.2) is 14.6 Å². The van der Waals surface area contributed by atoms with Crippen LogP contribution in [0.5, 0.6) is 0 Å². The second kappa shape index (κ2) is 10.7. The fraction of sp³-hybridized carbons (Fsp3) is 0.433. The summed E-state index contributed by atoms with van der Waals surface area (Å²) in [5.74, 6) is 0.490. The van der Waals surface area contributed by atoms with Crippen molar-refractivity contribution in [2.75, 3.05) is 44.3 Å². The van der Waals surface area contributed by atoms with Crippen molar-refractivity contribution in [2.45, 2.75) is 51.2 Å². The Bertz CT molecular complexity index is 1380. The molecule has 0 radical (unpaired) electrons. The van der Waals surface area contributed by atoms with Crippen LogP contribution >= 0.6 is 0 Å². The van der Waals surface area contributed by atoms with Gasteiger partial charge in [-0.15, -0.1) is 0 Å². The van der Waals surface area contributed by atoms with Gasteiger partial charge in [0, 0.05) is 50.0 Å². The normalized spacial score (nSPS) is 21.1. The number of nitrogens with two attached hydrogens (primary N) is 1. The van der Waals surface area contributed by atoms with E-state index in [-0.39, 0.29) is 0 Å². The SMILES string of the molecule is Cc1ccccc1CNc1ccc(-c2nn([C@H]3CC[C@@H](N4CCN(C)CC4)CC3)c3ncnc(N)c23)cc1. The van der Waals surface area contributed by atoms with Gasteiger partial charge in [0.2, 0.25) is 0 Å². The molecule has 2 aliphatic rings. The number of aryl methyl sites for hydroxylation is 1. The molecular formula is C30H38N8. The number of rotatable bonds is 6. The average Bonchev–Trinajstić information content (AvgIpc) is 3.34. The Hall–Kier alpha value is -3.49. The Kier molecular flexibility index (Phi) is 7.00. The lowest BCUT2D eigenvalue weighted by atomic mass is 9.90. The van der Waals surface area contributed by atoms with E-state index in [1.807, 2.05) is 0 Å². The van der Waals surface area contributed by atoms with Crippen LogP contribution in [0.3, 0.4) is 0 Å². The Labute approximate surface area is 224 Å². The van der Waals surface area contributed by atoms with Gasteiger partial charge in [0.25, 0.3) is 0 Å². The quantitative estimate of drug-likeness (QED) is 0.388. The molecule has 1 saturated heterocycles. The highest BCUT2D eigenvalue weighted by Gasteiger charge is 2.30. The topological polar surface area (TPSA) is 88.1 Å². The molecule has 0 spiro atoms. The maximum absolute atomic E-state index is 6.40. The van der Waals surface area contributed by atoms with Crippen molar-refractivity contribution >= 4 is 22.5 Å². The molecule has 3 heterocycles. The van der Waals surface area contributed by atoms with Gasteiger partial charge < -0.3 is 16.0 Å². The number of hydrogen-bond donors (Lipinski definition) is 2. The first-order chi connectivity index (χ1) is 18.6. The van der Waals surface area contributed by atoms with E-state index < -0.39 is 0 Å². The Balaban J connectivity index is 1.20. The average molecular weight is 511 g/mol. The lowest BCUT2D eigenvalue weighted by molar-refractivity contribution is 0.0815. The van der Waals surface area contributed by atoms with E-state index in [0.717, 1.165) is 47.4 Å². The van der Waals surface area contributed by atoms with E-state index in [0.29, 0.717) is 17.9 Å². The van der Waals surface area contributed by atoms with Gasteiger partial charge in [-0.2, -0.15) is 5.10 Å². The summed E-state index contributed by atoms with van der Waals surface area (Å²) in [5, 5.41) is 9.51. The number of likely N-dealkylation sites (N-methyl/N-ethyl adjacent to an activating group) is 1.